The molecule has 1 saturated heterocycles. The van der Waals surface area contributed by atoms with Crippen molar-refractivity contribution in [3.8, 4) is 17.2 Å². The largest absolute Gasteiger partial charge is 0.493 e. The molecule has 1 atom stereocenters. The van der Waals surface area contributed by atoms with Crippen molar-refractivity contribution < 1.29 is 14.2 Å². The Balaban J connectivity index is 2.05. The van der Waals surface area contributed by atoms with E-state index in [0.717, 1.165) is 36.4 Å². The standard InChI is InChI=1S/C20H33N3O3/c1-14(2)11-15-9-10-23(13-15)20(21-3)22-12-16-7-8-17(24-4)19(26-6)18(16)25-5/h7-8,14-15H,9-13H2,1-6H3,(H,21,22). The summed E-state index contributed by atoms with van der Waals surface area (Å²) in [6.45, 7) is 7.32. The minimum Gasteiger partial charge on any atom is -0.493 e. The Bertz CT molecular complexity index is 617. The second kappa shape index (κ2) is 9.55. The van der Waals surface area contributed by atoms with Crippen LogP contribution in [0.3, 0.4) is 0 Å². The Morgan fingerprint density at radius 3 is 2.50 bits per heavy atom. The van der Waals surface area contributed by atoms with E-state index < -0.39 is 0 Å². The molecule has 0 spiro atoms. The summed E-state index contributed by atoms with van der Waals surface area (Å²) in [4.78, 5) is 6.81. The van der Waals surface area contributed by atoms with E-state index in [1.165, 1.54) is 12.8 Å². The average Bonchev–Trinajstić information content (AvgIpc) is 3.08. The first kappa shape index (κ1) is 20.2. The number of hydrogen-bond donors (Lipinski definition) is 1. The minimum absolute atomic E-state index is 0.613. The molecule has 2 rings (SSSR count). The fraction of sp³-hybridized carbons (Fsp3) is 0.650. The van der Waals surface area contributed by atoms with Crippen molar-refractivity contribution in [1.82, 2.24) is 10.2 Å². The van der Waals surface area contributed by atoms with E-state index >= 15 is 0 Å². The normalized spacial score (nSPS) is 17.6. The molecule has 1 aromatic rings. The number of benzene rings is 1. The Morgan fingerprint density at radius 2 is 1.92 bits per heavy atom. The van der Waals surface area contributed by atoms with Gasteiger partial charge < -0.3 is 24.4 Å². The van der Waals surface area contributed by atoms with Crippen LogP contribution in [0.5, 0.6) is 17.2 Å². The smallest absolute Gasteiger partial charge is 0.203 e. The van der Waals surface area contributed by atoms with Gasteiger partial charge in [-0.05, 0) is 36.8 Å². The summed E-state index contributed by atoms with van der Waals surface area (Å²) >= 11 is 0. The number of nitrogens with zero attached hydrogens (tertiary/aromatic N) is 2. The second-order valence-electron chi connectivity index (χ2n) is 7.12. The van der Waals surface area contributed by atoms with Crippen LogP contribution in [-0.2, 0) is 6.54 Å². The number of ether oxygens (including phenoxy) is 3. The van der Waals surface area contributed by atoms with Gasteiger partial charge in [0.1, 0.15) is 0 Å². The molecule has 1 aliphatic rings. The first-order valence-corrected chi connectivity index (χ1v) is 9.27. The highest BCUT2D eigenvalue weighted by Crippen LogP contribution is 2.39. The van der Waals surface area contributed by atoms with Gasteiger partial charge in [0.2, 0.25) is 5.75 Å². The predicted molar refractivity (Wildman–Crippen MR) is 105 cm³/mol. The van der Waals surface area contributed by atoms with Crippen LogP contribution in [0, 0.1) is 11.8 Å². The third-order valence-electron chi connectivity index (χ3n) is 4.82. The van der Waals surface area contributed by atoms with Crippen LogP contribution >= 0.6 is 0 Å². The zero-order chi connectivity index (χ0) is 19.1. The zero-order valence-corrected chi connectivity index (χ0v) is 17.0. The number of nitrogens with one attached hydrogen (secondary N) is 1. The molecule has 0 saturated carbocycles. The van der Waals surface area contributed by atoms with E-state index in [2.05, 4.69) is 29.1 Å². The summed E-state index contributed by atoms with van der Waals surface area (Å²) in [5.74, 6) is 4.40. The number of guanidine groups is 1. The zero-order valence-electron chi connectivity index (χ0n) is 17.0. The predicted octanol–water partition coefficient (Wildman–Crippen LogP) is 3.16. The molecule has 146 valence electrons. The Kier molecular flexibility index (Phi) is 7.42. The molecule has 1 aromatic carbocycles. The fourth-order valence-corrected chi connectivity index (χ4v) is 3.69. The Labute approximate surface area is 157 Å². The summed E-state index contributed by atoms with van der Waals surface area (Å²) in [7, 11) is 6.73. The van der Waals surface area contributed by atoms with Crippen molar-refractivity contribution in [2.75, 3.05) is 41.5 Å². The van der Waals surface area contributed by atoms with Gasteiger partial charge in [-0.25, -0.2) is 0 Å². The van der Waals surface area contributed by atoms with E-state index in [-0.39, 0.29) is 0 Å². The Hall–Kier alpha value is -2.11. The van der Waals surface area contributed by atoms with E-state index in [0.29, 0.717) is 23.8 Å². The maximum atomic E-state index is 5.56. The monoisotopic (exact) mass is 363 g/mol. The van der Waals surface area contributed by atoms with Gasteiger partial charge in [-0.1, -0.05) is 13.8 Å². The van der Waals surface area contributed by atoms with Gasteiger partial charge in [-0.2, -0.15) is 0 Å². The van der Waals surface area contributed by atoms with E-state index in [1.807, 2.05) is 19.2 Å². The topological polar surface area (TPSA) is 55.3 Å². The van der Waals surface area contributed by atoms with Gasteiger partial charge in [0.05, 0.1) is 21.3 Å². The van der Waals surface area contributed by atoms with Crippen LogP contribution in [-0.4, -0.2) is 52.3 Å². The lowest BCUT2D eigenvalue weighted by Crippen LogP contribution is -2.39. The summed E-state index contributed by atoms with van der Waals surface area (Å²) in [5, 5.41) is 3.46. The summed E-state index contributed by atoms with van der Waals surface area (Å²) in [5.41, 5.74) is 1.00. The van der Waals surface area contributed by atoms with Gasteiger partial charge in [0.15, 0.2) is 17.5 Å². The molecule has 1 N–H and O–H groups in total. The number of hydrogen-bond acceptors (Lipinski definition) is 4. The molecule has 0 radical (unpaired) electrons. The number of likely N-dealkylation sites (tertiary alicyclic amines) is 1. The average molecular weight is 364 g/mol. The third-order valence-corrected chi connectivity index (χ3v) is 4.82. The van der Waals surface area contributed by atoms with E-state index in [1.54, 1.807) is 21.3 Å². The van der Waals surface area contributed by atoms with Crippen LogP contribution in [0.25, 0.3) is 0 Å². The molecule has 1 fully saturated rings. The first-order chi connectivity index (χ1) is 12.5. The van der Waals surface area contributed by atoms with Gasteiger partial charge in [-0.3, -0.25) is 4.99 Å². The van der Waals surface area contributed by atoms with E-state index in [4.69, 9.17) is 14.2 Å². The van der Waals surface area contributed by atoms with Crippen LogP contribution in [0.15, 0.2) is 17.1 Å². The molecule has 0 amide bonds. The highest BCUT2D eigenvalue weighted by Gasteiger charge is 2.25. The van der Waals surface area contributed by atoms with Crippen LogP contribution in [0.1, 0.15) is 32.3 Å². The van der Waals surface area contributed by atoms with Gasteiger partial charge >= 0.3 is 0 Å². The number of aliphatic imine (C=N–C) groups is 1. The molecule has 0 aliphatic carbocycles. The highest BCUT2D eigenvalue weighted by atomic mass is 16.5. The molecule has 0 aromatic heterocycles. The fourth-order valence-electron chi connectivity index (χ4n) is 3.69. The molecule has 26 heavy (non-hydrogen) atoms. The van der Waals surface area contributed by atoms with Crippen molar-refractivity contribution in [2.45, 2.75) is 33.2 Å². The third kappa shape index (κ3) is 4.74. The highest BCUT2D eigenvalue weighted by molar-refractivity contribution is 5.80. The van der Waals surface area contributed by atoms with Crippen molar-refractivity contribution in [1.29, 1.82) is 0 Å². The maximum absolute atomic E-state index is 5.56. The van der Waals surface area contributed by atoms with Crippen LogP contribution < -0.4 is 19.5 Å². The number of methoxy groups -OCH3 is 3. The van der Waals surface area contributed by atoms with Crippen molar-refractivity contribution in [3.05, 3.63) is 17.7 Å². The van der Waals surface area contributed by atoms with Gasteiger partial charge in [-0.15, -0.1) is 0 Å². The van der Waals surface area contributed by atoms with Crippen LogP contribution in [0.4, 0.5) is 0 Å². The maximum Gasteiger partial charge on any atom is 0.203 e. The molecule has 6 nitrogen and oxygen atoms in total. The molecular weight excluding hydrogens is 330 g/mol. The van der Waals surface area contributed by atoms with Gasteiger partial charge in [0.25, 0.3) is 0 Å². The molecule has 6 heteroatoms. The van der Waals surface area contributed by atoms with Crippen molar-refractivity contribution in [3.63, 3.8) is 0 Å². The summed E-state index contributed by atoms with van der Waals surface area (Å²) in [6.07, 6.45) is 2.51. The second-order valence-corrected chi connectivity index (χ2v) is 7.12. The SMILES string of the molecule is CN=C(NCc1ccc(OC)c(OC)c1OC)N1CCC(CC(C)C)C1. The molecule has 1 aliphatic heterocycles. The Morgan fingerprint density at radius 1 is 1.19 bits per heavy atom. The lowest BCUT2D eigenvalue weighted by atomic mass is 9.97. The van der Waals surface area contributed by atoms with Crippen LogP contribution in [0.2, 0.25) is 0 Å². The molecule has 1 unspecified atom stereocenters. The summed E-state index contributed by atoms with van der Waals surface area (Å²) < 4.78 is 16.4. The lowest BCUT2D eigenvalue weighted by Gasteiger charge is -2.23. The minimum atomic E-state index is 0.613. The molecule has 1 heterocycles. The summed E-state index contributed by atoms with van der Waals surface area (Å²) in [6, 6.07) is 3.89. The van der Waals surface area contributed by atoms with Crippen molar-refractivity contribution in [2.24, 2.45) is 16.8 Å². The molecular formula is C20H33N3O3. The van der Waals surface area contributed by atoms with E-state index in [9.17, 15) is 0 Å². The first-order valence-electron chi connectivity index (χ1n) is 9.27. The molecule has 0 bridgehead atoms. The van der Waals surface area contributed by atoms with Gasteiger partial charge in [0, 0.05) is 32.2 Å². The lowest BCUT2D eigenvalue weighted by molar-refractivity contribution is 0.322. The van der Waals surface area contributed by atoms with Crippen molar-refractivity contribution >= 4 is 5.96 Å². The number of rotatable bonds is 7. The quantitative estimate of drug-likeness (QED) is 0.596.